The lowest BCUT2D eigenvalue weighted by Crippen LogP contribution is -2.62. The molecule has 5 atom stereocenters. The molecule has 4 amide bonds. The van der Waals surface area contributed by atoms with Crippen LogP contribution >= 0.6 is 0 Å². The van der Waals surface area contributed by atoms with Crippen molar-refractivity contribution < 1.29 is 38.2 Å². The molecule has 0 spiro atoms. The second-order valence-electron chi connectivity index (χ2n) is 20.9. The van der Waals surface area contributed by atoms with Crippen molar-refractivity contribution in [2.24, 2.45) is 17.3 Å². The first-order valence-electron chi connectivity index (χ1n) is 25.7. The van der Waals surface area contributed by atoms with E-state index in [1.54, 1.807) is 25.3 Å². The Bertz CT molecular complexity index is 2720. The number of hydrogen-bond acceptors (Lipinski definition) is 11. The maximum atomic E-state index is 14.8. The summed E-state index contributed by atoms with van der Waals surface area (Å²) in [6, 6.07) is 15.8. The number of amides is 4. The first-order valence-corrected chi connectivity index (χ1v) is 25.7. The molecule has 4 aromatic rings. The number of likely N-dealkylation sites (N-methyl/N-ethyl adjacent to an activating group) is 1. The first kappa shape index (κ1) is 52.2. The summed E-state index contributed by atoms with van der Waals surface area (Å²) in [6.07, 6.45) is 3.72. The monoisotopic (exact) mass is 985 g/mol. The van der Waals surface area contributed by atoms with Gasteiger partial charge in [-0.3, -0.25) is 38.9 Å². The summed E-state index contributed by atoms with van der Waals surface area (Å²) < 4.78 is 19.7. The Morgan fingerprint density at radius 2 is 1.78 bits per heavy atom. The van der Waals surface area contributed by atoms with Crippen molar-refractivity contribution in [2.75, 3.05) is 73.2 Å². The van der Waals surface area contributed by atoms with Gasteiger partial charge in [0.05, 0.1) is 49.8 Å². The lowest BCUT2D eigenvalue weighted by atomic mass is 9.84. The molecule has 384 valence electrons. The topological polar surface area (TPSA) is 168 Å². The Balaban J connectivity index is 1.10. The minimum absolute atomic E-state index is 0.131. The predicted molar refractivity (Wildman–Crippen MR) is 275 cm³/mol. The van der Waals surface area contributed by atoms with Gasteiger partial charge in [-0.25, -0.2) is 5.43 Å². The van der Waals surface area contributed by atoms with Crippen molar-refractivity contribution in [1.29, 1.82) is 0 Å². The van der Waals surface area contributed by atoms with Crippen LogP contribution in [0.4, 0.5) is 0 Å². The Morgan fingerprint density at radius 3 is 2.53 bits per heavy atom. The van der Waals surface area contributed by atoms with Crippen molar-refractivity contribution in [1.82, 2.24) is 40.0 Å². The van der Waals surface area contributed by atoms with Gasteiger partial charge in [-0.05, 0) is 97.9 Å². The van der Waals surface area contributed by atoms with Crippen LogP contribution in [0.25, 0.3) is 33.3 Å². The van der Waals surface area contributed by atoms with Gasteiger partial charge >= 0.3 is 5.97 Å². The minimum atomic E-state index is -1.06. The van der Waals surface area contributed by atoms with Gasteiger partial charge in [0, 0.05) is 87.9 Å². The van der Waals surface area contributed by atoms with E-state index < -0.39 is 47.2 Å². The molecule has 3 fully saturated rings. The van der Waals surface area contributed by atoms with Crippen LogP contribution in [0.2, 0.25) is 0 Å². The van der Waals surface area contributed by atoms with Crippen molar-refractivity contribution in [3.8, 4) is 34.2 Å². The summed E-state index contributed by atoms with van der Waals surface area (Å²) in [7, 11) is 3.31. The fourth-order valence-corrected chi connectivity index (χ4v) is 10.8. The molecule has 2 N–H and O–H groups in total. The van der Waals surface area contributed by atoms with E-state index in [4.69, 9.17) is 19.2 Å². The number of carbonyl (C=O) groups is 5. The number of rotatable bonds is 10. The number of cyclic esters (lactones) is 1. The number of pyridine rings is 1. The van der Waals surface area contributed by atoms with E-state index in [1.807, 2.05) is 39.0 Å². The van der Waals surface area contributed by atoms with E-state index in [9.17, 15) is 24.0 Å². The summed E-state index contributed by atoms with van der Waals surface area (Å²) in [5.41, 5.74) is 10.5. The number of aryl methyl sites for hydroxylation is 1. The van der Waals surface area contributed by atoms with Crippen LogP contribution in [-0.4, -0.2) is 150 Å². The molecule has 16 heteroatoms. The molecule has 3 saturated heterocycles. The van der Waals surface area contributed by atoms with Gasteiger partial charge in [0.15, 0.2) is 0 Å². The Morgan fingerprint density at radius 1 is 1.00 bits per heavy atom. The highest BCUT2D eigenvalue weighted by atomic mass is 16.5. The van der Waals surface area contributed by atoms with Crippen LogP contribution in [0.5, 0.6) is 0 Å². The van der Waals surface area contributed by atoms with Crippen molar-refractivity contribution in [3.63, 3.8) is 0 Å². The second kappa shape index (κ2) is 22.7. The summed E-state index contributed by atoms with van der Waals surface area (Å²) in [5, 5.41) is 5.60. The molecule has 4 aliphatic heterocycles. The summed E-state index contributed by atoms with van der Waals surface area (Å²) in [4.78, 5) is 80.8. The fraction of sp³-hybridized carbons (Fsp3) is 0.536. The zero-order chi connectivity index (χ0) is 51.3. The summed E-state index contributed by atoms with van der Waals surface area (Å²) in [6.45, 7) is 17.1. The zero-order valence-corrected chi connectivity index (χ0v) is 43.3. The van der Waals surface area contributed by atoms with Gasteiger partial charge in [-0.15, -0.1) is 0 Å². The van der Waals surface area contributed by atoms with Gasteiger partial charge in [-0.1, -0.05) is 63.9 Å². The van der Waals surface area contributed by atoms with Crippen molar-refractivity contribution in [2.45, 2.75) is 104 Å². The molecular weight excluding hydrogens is 913 g/mol. The number of nitrogens with zero attached hydrogens (tertiary/aromatic N) is 6. The minimum Gasteiger partial charge on any atom is -0.464 e. The van der Waals surface area contributed by atoms with Gasteiger partial charge in [-0.2, -0.15) is 0 Å². The summed E-state index contributed by atoms with van der Waals surface area (Å²) >= 11 is 0. The molecule has 16 nitrogen and oxygen atoms in total. The molecule has 72 heavy (non-hydrogen) atoms. The number of carbonyl (C=O) groups excluding carboxylic acids is 5. The quantitative estimate of drug-likeness (QED) is 0.154. The fourth-order valence-electron chi connectivity index (χ4n) is 10.8. The Kier molecular flexibility index (Phi) is 16.5. The average molecular weight is 985 g/mol. The van der Waals surface area contributed by atoms with Crippen LogP contribution in [0.3, 0.4) is 0 Å². The summed E-state index contributed by atoms with van der Waals surface area (Å²) in [5.74, 6) is 3.00. The third-order valence-electron chi connectivity index (χ3n) is 14.7. The molecule has 6 bridgehead atoms. The Labute approximate surface area is 424 Å². The molecule has 1 unspecified atom stereocenters. The number of hydrazine groups is 1. The van der Waals surface area contributed by atoms with E-state index in [2.05, 4.69) is 89.2 Å². The average Bonchev–Trinajstić information content (AvgIpc) is 4.00. The third-order valence-corrected chi connectivity index (χ3v) is 14.7. The van der Waals surface area contributed by atoms with Gasteiger partial charge in [0.2, 0.25) is 11.8 Å². The van der Waals surface area contributed by atoms with Crippen LogP contribution in [0.1, 0.15) is 83.7 Å². The molecule has 2 aromatic heterocycles. The first-order chi connectivity index (χ1) is 34.6. The number of morpholine rings is 1. The molecule has 2 aromatic carbocycles. The van der Waals surface area contributed by atoms with E-state index >= 15 is 0 Å². The highest BCUT2D eigenvalue weighted by molar-refractivity contribution is 5.97. The maximum Gasteiger partial charge on any atom is 0.324 e. The largest absolute Gasteiger partial charge is 0.464 e. The molecule has 0 radical (unpaired) electrons. The number of aromatic nitrogens is 2. The highest BCUT2D eigenvalue weighted by Gasteiger charge is 2.40. The van der Waals surface area contributed by atoms with E-state index in [0.717, 1.165) is 63.2 Å². The van der Waals surface area contributed by atoms with Gasteiger partial charge in [0.25, 0.3) is 11.8 Å². The lowest BCUT2D eigenvalue weighted by molar-refractivity contribution is -0.155. The standard InChI is InChI=1S/C56H72N8O8/c1-9-63-47-20-19-40-32-43(47)44(51(63)42-16-11-22-57-49(42)37(4)70-8)33-56(5,6)35-72-55(69)45-17-12-24-64(59-45)54(68)46(31-38-14-10-15-39(40)30-38)58-52(66)50(36(2)3)60(7)53(67)41-21-25-62(34-41)48(65)18-13-23-61-26-28-71-29-27-61/h10-11,14-16,19-20,22,30,32,36-37,41,45-46,50,59H,9,12,17,21,23-29,31,33-35H2,1-8H3,(H,58,66)/t37-,41-,45-,46?,50-/m0/s1. The van der Waals surface area contributed by atoms with Crippen molar-refractivity contribution in [3.05, 3.63) is 77.6 Å². The van der Waals surface area contributed by atoms with Gasteiger partial charge < -0.3 is 33.9 Å². The lowest BCUT2D eigenvalue weighted by Gasteiger charge is -2.37. The maximum absolute atomic E-state index is 14.8. The zero-order valence-electron chi connectivity index (χ0n) is 43.3. The number of ether oxygens (including phenoxy) is 3. The number of nitrogens with one attached hydrogen (secondary N) is 2. The van der Waals surface area contributed by atoms with Gasteiger partial charge in [0.1, 0.15) is 18.1 Å². The smallest absolute Gasteiger partial charge is 0.324 e. The van der Waals surface area contributed by atoms with Crippen molar-refractivity contribution >= 4 is 40.5 Å². The molecule has 4 aliphatic rings. The number of esters is 1. The van der Waals surface area contributed by atoms with E-state index in [-0.39, 0.29) is 43.4 Å². The number of benzene rings is 2. The van der Waals surface area contributed by atoms with E-state index in [1.165, 1.54) is 9.91 Å². The van der Waals surface area contributed by atoms with E-state index in [0.29, 0.717) is 65.1 Å². The number of methoxy groups -OCH3 is 1. The predicted octanol–water partition coefficient (Wildman–Crippen LogP) is 5.41. The molecule has 8 rings (SSSR count). The SMILES string of the molecule is CCn1c(-c2cccnc2[C@H](C)OC)c2c3cc(ccc31)-c1cccc(c1)CC(NC(=O)[C@H](C(C)C)N(C)C(=O)[C@H]1CCN(C(=O)C#CCN3CCOCC3)C1)C(=O)N1CCC[C@H](N1)C(=O)OCC(C)(C)C2. The molecule has 0 aliphatic carbocycles. The third kappa shape index (κ3) is 11.5. The highest BCUT2D eigenvalue weighted by Crippen LogP contribution is 2.42. The Hall–Kier alpha value is -6.12. The van der Waals surface area contributed by atoms with Crippen LogP contribution in [0.15, 0.2) is 60.8 Å². The van der Waals surface area contributed by atoms with Crippen LogP contribution in [0, 0.1) is 29.1 Å². The number of fused-ring (bicyclic) bond motifs is 6. The molecular formula is C56H72N8O8. The number of likely N-dealkylation sites (tertiary alicyclic amines) is 1. The second-order valence-corrected chi connectivity index (χ2v) is 20.9. The normalized spacial score (nSPS) is 21.6. The van der Waals surface area contributed by atoms with Crippen LogP contribution in [-0.2, 0) is 57.6 Å². The number of hydrogen-bond donors (Lipinski definition) is 2. The molecule has 0 saturated carbocycles. The molecule has 6 heterocycles. The van der Waals surface area contributed by atoms with Crippen LogP contribution < -0.4 is 10.7 Å².